The van der Waals surface area contributed by atoms with Crippen molar-refractivity contribution in [1.82, 2.24) is 0 Å². The largest absolute Gasteiger partial charge is 0.376 e. The van der Waals surface area contributed by atoms with Gasteiger partial charge in [-0.3, -0.25) is 0 Å². The van der Waals surface area contributed by atoms with E-state index in [9.17, 15) is 0 Å². The minimum atomic E-state index is -0.0475. The van der Waals surface area contributed by atoms with E-state index in [0.29, 0.717) is 6.61 Å². The second-order valence-corrected chi connectivity index (χ2v) is 5.11. The molecule has 102 valence electrons. The highest BCUT2D eigenvalue weighted by molar-refractivity contribution is 4.91. The molecule has 1 aliphatic heterocycles. The molecule has 4 atom stereocenters. The summed E-state index contributed by atoms with van der Waals surface area (Å²) >= 11 is 0. The lowest BCUT2D eigenvalue weighted by atomic mass is 10.1. The molecule has 1 rings (SSSR count). The second kappa shape index (κ2) is 6.69. The van der Waals surface area contributed by atoms with Crippen molar-refractivity contribution in [3.8, 4) is 0 Å². The highest BCUT2D eigenvalue weighted by Gasteiger charge is 2.44. The highest BCUT2D eigenvalue weighted by Crippen LogP contribution is 2.27. The van der Waals surface area contributed by atoms with E-state index in [0.717, 1.165) is 0 Å². The van der Waals surface area contributed by atoms with Crippen LogP contribution in [0.15, 0.2) is 0 Å². The zero-order valence-electron chi connectivity index (χ0n) is 11.8. The molecule has 1 fully saturated rings. The molecule has 1 aliphatic rings. The summed E-state index contributed by atoms with van der Waals surface area (Å²) in [6.45, 7) is 10.7. The van der Waals surface area contributed by atoms with Crippen LogP contribution in [-0.4, -0.2) is 50.3 Å². The first kappa shape index (κ1) is 14.9. The van der Waals surface area contributed by atoms with Gasteiger partial charge >= 0.3 is 0 Å². The Morgan fingerprint density at radius 2 is 1.71 bits per heavy atom. The molecule has 0 bridgehead atoms. The Hall–Kier alpha value is -0.160. The molecule has 0 spiro atoms. The van der Waals surface area contributed by atoms with E-state index in [1.54, 1.807) is 7.11 Å². The summed E-state index contributed by atoms with van der Waals surface area (Å²) in [4.78, 5) is 0. The minimum absolute atomic E-state index is 0.0156. The summed E-state index contributed by atoms with van der Waals surface area (Å²) < 4.78 is 22.8. The van der Waals surface area contributed by atoms with Crippen molar-refractivity contribution in [2.24, 2.45) is 0 Å². The average molecular weight is 246 g/mol. The zero-order valence-corrected chi connectivity index (χ0v) is 11.8. The van der Waals surface area contributed by atoms with Crippen LogP contribution in [0.1, 0.15) is 34.6 Å². The molecule has 17 heavy (non-hydrogen) atoms. The fourth-order valence-corrected chi connectivity index (χ4v) is 2.14. The maximum atomic E-state index is 5.90. The molecule has 4 heteroatoms. The van der Waals surface area contributed by atoms with Crippen molar-refractivity contribution in [2.45, 2.75) is 71.2 Å². The topological polar surface area (TPSA) is 36.9 Å². The summed E-state index contributed by atoms with van der Waals surface area (Å²) in [6.07, 6.45) is 0.305. The van der Waals surface area contributed by atoms with Gasteiger partial charge in [0.15, 0.2) is 0 Å². The number of methoxy groups -OCH3 is 1. The number of hydrogen-bond acceptors (Lipinski definition) is 4. The predicted molar refractivity (Wildman–Crippen MR) is 66.2 cm³/mol. The van der Waals surface area contributed by atoms with Crippen LogP contribution in [0.25, 0.3) is 0 Å². The van der Waals surface area contributed by atoms with Crippen molar-refractivity contribution in [2.75, 3.05) is 13.7 Å². The summed E-state index contributed by atoms with van der Waals surface area (Å²) in [5, 5.41) is 0. The van der Waals surface area contributed by atoms with Crippen LogP contribution in [0.4, 0.5) is 0 Å². The first-order chi connectivity index (χ1) is 7.95. The molecule has 1 heterocycles. The SMILES string of the molecule is COC1C(OC(C)C)[C@@H](COC(C)C)O[C@H]1C. The van der Waals surface area contributed by atoms with Crippen molar-refractivity contribution in [3.05, 3.63) is 0 Å². The lowest BCUT2D eigenvalue weighted by molar-refractivity contribution is -0.0979. The molecule has 1 saturated heterocycles. The summed E-state index contributed by atoms with van der Waals surface area (Å²) in [5.74, 6) is 0. The van der Waals surface area contributed by atoms with Crippen molar-refractivity contribution in [1.29, 1.82) is 0 Å². The molecule has 0 aromatic rings. The van der Waals surface area contributed by atoms with Crippen LogP contribution >= 0.6 is 0 Å². The number of hydrogen-bond donors (Lipinski definition) is 0. The van der Waals surface area contributed by atoms with Gasteiger partial charge in [-0.15, -0.1) is 0 Å². The summed E-state index contributed by atoms with van der Waals surface area (Å²) in [5.41, 5.74) is 0. The standard InChI is InChI=1S/C13H26O4/c1-8(2)15-7-11-13(16-9(3)4)12(14-6)10(5)17-11/h8-13H,7H2,1-6H3/t10-,11+,12?,13?/m0/s1. The van der Waals surface area contributed by atoms with E-state index in [-0.39, 0.29) is 36.6 Å². The van der Waals surface area contributed by atoms with Crippen molar-refractivity contribution >= 4 is 0 Å². The van der Waals surface area contributed by atoms with Crippen LogP contribution in [0, 0.1) is 0 Å². The molecule has 0 radical (unpaired) electrons. The quantitative estimate of drug-likeness (QED) is 0.718. The molecule has 2 unspecified atom stereocenters. The van der Waals surface area contributed by atoms with Gasteiger partial charge in [0, 0.05) is 7.11 Å². The zero-order chi connectivity index (χ0) is 13.0. The Morgan fingerprint density at radius 3 is 2.18 bits per heavy atom. The van der Waals surface area contributed by atoms with Crippen LogP contribution in [0.3, 0.4) is 0 Å². The van der Waals surface area contributed by atoms with E-state index >= 15 is 0 Å². The number of rotatable bonds is 6. The fraction of sp³-hybridized carbons (Fsp3) is 1.00. The van der Waals surface area contributed by atoms with Gasteiger partial charge in [0.2, 0.25) is 0 Å². The van der Waals surface area contributed by atoms with Gasteiger partial charge in [0.25, 0.3) is 0 Å². The molecule has 0 saturated carbocycles. The molecular weight excluding hydrogens is 220 g/mol. The smallest absolute Gasteiger partial charge is 0.115 e. The monoisotopic (exact) mass is 246 g/mol. The van der Waals surface area contributed by atoms with Crippen LogP contribution in [0.2, 0.25) is 0 Å². The lowest BCUT2D eigenvalue weighted by Gasteiger charge is -2.25. The first-order valence-corrected chi connectivity index (χ1v) is 6.41. The normalized spacial score (nSPS) is 33.9. The average Bonchev–Trinajstić information content (AvgIpc) is 2.51. The summed E-state index contributed by atoms with van der Waals surface area (Å²) in [6, 6.07) is 0. The van der Waals surface area contributed by atoms with Gasteiger partial charge < -0.3 is 18.9 Å². The van der Waals surface area contributed by atoms with Gasteiger partial charge in [-0.25, -0.2) is 0 Å². The van der Waals surface area contributed by atoms with Crippen molar-refractivity contribution < 1.29 is 18.9 Å². The van der Waals surface area contributed by atoms with Crippen LogP contribution < -0.4 is 0 Å². The molecule has 0 aromatic heterocycles. The van der Waals surface area contributed by atoms with Gasteiger partial charge in [0.1, 0.15) is 18.3 Å². The first-order valence-electron chi connectivity index (χ1n) is 6.41. The predicted octanol–water partition coefficient (Wildman–Crippen LogP) is 2.01. The maximum Gasteiger partial charge on any atom is 0.115 e. The van der Waals surface area contributed by atoms with Gasteiger partial charge in [-0.05, 0) is 34.6 Å². The minimum Gasteiger partial charge on any atom is -0.376 e. The van der Waals surface area contributed by atoms with E-state index in [1.165, 1.54) is 0 Å². The van der Waals surface area contributed by atoms with Gasteiger partial charge in [-0.2, -0.15) is 0 Å². The van der Waals surface area contributed by atoms with Crippen LogP contribution in [0.5, 0.6) is 0 Å². The fourth-order valence-electron chi connectivity index (χ4n) is 2.14. The molecular formula is C13H26O4. The van der Waals surface area contributed by atoms with E-state index < -0.39 is 0 Å². The second-order valence-electron chi connectivity index (χ2n) is 5.11. The van der Waals surface area contributed by atoms with Gasteiger partial charge in [0.05, 0.1) is 24.9 Å². The molecule has 0 aliphatic carbocycles. The lowest BCUT2D eigenvalue weighted by Crippen LogP contribution is -2.40. The number of ether oxygens (including phenoxy) is 4. The van der Waals surface area contributed by atoms with E-state index in [2.05, 4.69) is 0 Å². The third-order valence-corrected chi connectivity index (χ3v) is 2.84. The Balaban J connectivity index is 2.60. The molecule has 0 aromatic carbocycles. The Labute approximate surface area is 105 Å². The third-order valence-electron chi connectivity index (χ3n) is 2.84. The van der Waals surface area contributed by atoms with Gasteiger partial charge in [-0.1, -0.05) is 0 Å². The van der Waals surface area contributed by atoms with Crippen molar-refractivity contribution in [3.63, 3.8) is 0 Å². The van der Waals surface area contributed by atoms with E-state index in [1.807, 2.05) is 34.6 Å². The molecule has 0 N–H and O–H groups in total. The Bertz CT molecular complexity index is 217. The van der Waals surface area contributed by atoms with E-state index in [4.69, 9.17) is 18.9 Å². The summed E-state index contributed by atoms with van der Waals surface area (Å²) in [7, 11) is 1.70. The Kier molecular flexibility index (Phi) is 5.86. The Morgan fingerprint density at radius 1 is 1.06 bits per heavy atom. The maximum absolute atomic E-state index is 5.90. The third kappa shape index (κ3) is 4.21. The molecule has 4 nitrogen and oxygen atoms in total. The van der Waals surface area contributed by atoms with Crippen LogP contribution in [-0.2, 0) is 18.9 Å². The molecule has 0 amide bonds. The highest BCUT2D eigenvalue weighted by atomic mass is 16.6.